The summed E-state index contributed by atoms with van der Waals surface area (Å²) in [5.74, 6) is -1.57. The van der Waals surface area contributed by atoms with E-state index in [1.807, 2.05) is 0 Å². The van der Waals surface area contributed by atoms with E-state index in [2.05, 4.69) is 16.4 Å². The van der Waals surface area contributed by atoms with Gasteiger partial charge in [0.05, 0.1) is 6.42 Å². The van der Waals surface area contributed by atoms with Gasteiger partial charge in [0, 0.05) is 19.0 Å². The van der Waals surface area contributed by atoms with Gasteiger partial charge >= 0.3 is 11.9 Å². The monoisotopic (exact) mass is 245 g/mol. The number of carboxylic acid groups (broad SMARTS) is 2. The van der Waals surface area contributed by atoms with Crippen molar-refractivity contribution in [2.75, 3.05) is 6.54 Å². The first kappa shape index (κ1) is 13.9. The number of nitrogens with one attached hydrogen (secondary N) is 3. The van der Waals surface area contributed by atoms with Gasteiger partial charge in [0.25, 0.3) is 0 Å². The van der Waals surface area contributed by atoms with Crippen LogP contribution in [0.2, 0.25) is 0 Å². The molecule has 1 rings (SSSR count). The topological polar surface area (TPSA) is 111 Å². The molecule has 0 aromatic heterocycles. The minimum absolute atomic E-state index is 0.0223. The molecule has 5 N–H and O–H groups in total. The smallest absolute Gasteiger partial charge is 0.304 e. The van der Waals surface area contributed by atoms with Crippen LogP contribution < -0.4 is 16.4 Å². The van der Waals surface area contributed by atoms with E-state index in [0.29, 0.717) is 13.0 Å². The Morgan fingerprint density at radius 3 is 2.41 bits per heavy atom. The van der Waals surface area contributed by atoms with Crippen molar-refractivity contribution in [1.82, 2.24) is 16.4 Å². The summed E-state index contributed by atoms with van der Waals surface area (Å²) in [5, 5.41) is 17.5. The molecule has 0 bridgehead atoms. The number of hydrogen-bond acceptors (Lipinski definition) is 5. The van der Waals surface area contributed by atoms with Crippen LogP contribution in [0.1, 0.15) is 32.1 Å². The molecular formula is C10H19N3O4. The standard InChI is InChI=1S/C10H19N3O4/c14-9(15)5-7-1-2-8(6-10(16)17)12-13-11-4-3-7/h7-8,11-13H,1-6H2,(H,14,15)(H,16,17). The fourth-order valence-corrected chi connectivity index (χ4v) is 1.96. The second-order valence-electron chi connectivity index (χ2n) is 4.32. The van der Waals surface area contributed by atoms with Gasteiger partial charge in [0.1, 0.15) is 0 Å². The van der Waals surface area contributed by atoms with Gasteiger partial charge in [-0.25, -0.2) is 10.9 Å². The first-order chi connectivity index (χ1) is 8.08. The maximum absolute atomic E-state index is 10.7. The largest absolute Gasteiger partial charge is 0.481 e. The van der Waals surface area contributed by atoms with Crippen molar-refractivity contribution < 1.29 is 19.8 Å². The molecule has 0 aliphatic carbocycles. The van der Waals surface area contributed by atoms with Crippen molar-refractivity contribution in [3.63, 3.8) is 0 Å². The molecule has 0 amide bonds. The fraction of sp³-hybridized carbons (Fsp3) is 0.800. The van der Waals surface area contributed by atoms with E-state index >= 15 is 0 Å². The highest BCUT2D eigenvalue weighted by atomic mass is 16.4. The van der Waals surface area contributed by atoms with Crippen LogP contribution in [0.15, 0.2) is 0 Å². The van der Waals surface area contributed by atoms with E-state index in [4.69, 9.17) is 10.2 Å². The van der Waals surface area contributed by atoms with Crippen LogP contribution in [0.5, 0.6) is 0 Å². The molecular weight excluding hydrogens is 226 g/mol. The first-order valence-electron chi connectivity index (χ1n) is 5.75. The molecule has 0 radical (unpaired) electrons. The maximum atomic E-state index is 10.7. The summed E-state index contributed by atoms with van der Waals surface area (Å²) < 4.78 is 0. The summed E-state index contributed by atoms with van der Waals surface area (Å²) in [6.45, 7) is 0.657. The van der Waals surface area contributed by atoms with Gasteiger partial charge in [0.15, 0.2) is 0 Å². The van der Waals surface area contributed by atoms with E-state index in [-0.39, 0.29) is 24.8 Å². The maximum Gasteiger partial charge on any atom is 0.304 e. The fourth-order valence-electron chi connectivity index (χ4n) is 1.96. The Bertz CT molecular complexity index is 246. The Labute approximate surface area is 99.5 Å². The molecule has 0 aromatic rings. The van der Waals surface area contributed by atoms with Gasteiger partial charge in [0.2, 0.25) is 0 Å². The average Bonchev–Trinajstić information content (AvgIpc) is 2.31. The molecule has 1 saturated heterocycles. The van der Waals surface area contributed by atoms with Crippen LogP contribution in [0.4, 0.5) is 0 Å². The van der Waals surface area contributed by atoms with Crippen molar-refractivity contribution in [1.29, 1.82) is 0 Å². The highest BCUT2D eigenvalue weighted by Crippen LogP contribution is 2.18. The zero-order valence-electron chi connectivity index (χ0n) is 9.61. The van der Waals surface area contributed by atoms with Crippen molar-refractivity contribution in [2.45, 2.75) is 38.1 Å². The van der Waals surface area contributed by atoms with Crippen LogP contribution in [-0.4, -0.2) is 34.7 Å². The number of rotatable bonds is 4. The summed E-state index contributed by atoms with van der Waals surface area (Å²) in [7, 11) is 0. The quantitative estimate of drug-likeness (QED) is 0.462. The van der Waals surface area contributed by atoms with E-state index < -0.39 is 11.9 Å². The van der Waals surface area contributed by atoms with Gasteiger partial charge in [-0.15, -0.1) is 0 Å². The van der Waals surface area contributed by atoms with E-state index in [1.54, 1.807) is 0 Å². The van der Waals surface area contributed by atoms with Gasteiger partial charge < -0.3 is 10.2 Å². The molecule has 1 aliphatic heterocycles. The summed E-state index contributed by atoms with van der Waals surface area (Å²) in [6, 6.07) is -0.186. The molecule has 7 nitrogen and oxygen atoms in total. The zero-order valence-corrected chi connectivity index (χ0v) is 9.61. The second-order valence-corrected chi connectivity index (χ2v) is 4.32. The number of hydrogen-bond donors (Lipinski definition) is 5. The summed E-state index contributed by atoms with van der Waals surface area (Å²) in [6.07, 6.45) is 2.30. The van der Waals surface area contributed by atoms with Crippen LogP contribution in [0.3, 0.4) is 0 Å². The lowest BCUT2D eigenvalue weighted by atomic mass is 9.93. The van der Waals surface area contributed by atoms with E-state index in [0.717, 1.165) is 12.8 Å². The molecule has 0 spiro atoms. The van der Waals surface area contributed by atoms with Crippen molar-refractivity contribution in [2.24, 2.45) is 5.92 Å². The van der Waals surface area contributed by atoms with Gasteiger partial charge in [-0.3, -0.25) is 9.59 Å². The number of hydrazine groups is 2. The Morgan fingerprint density at radius 1 is 1.06 bits per heavy atom. The van der Waals surface area contributed by atoms with Crippen LogP contribution in [0, 0.1) is 5.92 Å². The van der Waals surface area contributed by atoms with Gasteiger partial charge in [-0.1, -0.05) is 0 Å². The SMILES string of the molecule is O=C(O)CC1CCNNNC(CC(=O)O)CC1. The summed E-state index contributed by atoms with van der Waals surface area (Å²) in [5.41, 5.74) is 8.51. The third-order valence-corrected chi connectivity index (χ3v) is 2.85. The van der Waals surface area contributed by atoms with Gasteiger partial charge in [-0.2, -0.15) is 5.53 Å². The van der Waals surface area contributed by atoms with Gasteiger partial charge in [-0.05, 0) is 25.2 Å². The number of aliphatic carboxylic acids is 2. The normalized spacial score (nSPS) is 26.6. The van der Waals surface area contributed by atoms with E-state index in [1.165, 1.54) is 0 Å². The lowest BCUT2D eigenvalue weighted by molar-refractivity contribution is -0.139. The van der Waals surface area contributed by atoms with Crippen molar-refractivity contribution in [3.05, 3.63) is 0 Å². The number of carboxylic acids is 2. The Kier molecular flexibility index (Phi) is 5.88. The molecule has 7 heteroatoms. The van der Waals surface area contributed by atoms with Crippen LogP contribution in [-0.2, 0) is 9.59 Å². The zero-order chi connectivity index (χ0) is 12.7. The minimum atomic E-state index is -0.863. The Balaban J connectivity index is 2.45. The van der Waals surface area contributed by atoms with Crippen LogP contribution in [0.25, 0.3) is 0 Å². The first-order valence-corrected chi connectivity index (χ1v) is 5.75. The molecule has 17 heavy (non-hydrogen) atoms. The highest BCUT2D eigenvalue weighted by molar-refractivity contribution is 5.67. The van der Waals surface area contributed by atoms with Crippen LogP contribution >= 0.6 is 0 Å². The molecule has 2 atom stereocenters. The molecule has 0 saturated carbocycles. The van der Waals surface area contributed by atoms with Crippen molar-refractivity contribution >= 4 is 11.9 Å². The molecule has 1 heterocycles. The lowest BCUT2D eigenvalue weighted by Crippen LogP contribution is -2.48. The highest BCUT2D eigenvalue weighted by Gasteiger charge is 2.19. The third kappa shape index (κ3) is 6.20. The molecule has 0 aromatic carbocycles. The predicted octanol–water partition coefficient (Wildman–Crippen LogP) is -0.297. The summed E-state index contributed by atoms with van der Waals surface area (Å²) >= 11 is 0. The summed E-state index contributed by atoms with van der Waals surface area (Å²) in [4.78, 5) is 21.3. The third-order valence-electron chi connectivity index (χ3n) is 2.85. The Hall–Kier alpha value is -1.18. The Morgan fingerprint density at radius 2 is 1.76 bits per heavy atom. The average molecular weight is 245 g/mol. The molecule has 2 unspecified atom stereocenters. The molecule has 1 aliphatic rings. The minimum Gasteiger partial charge on any atom is -0.481 e. The van der Waals surface area contributed by atoms with Crippen molar-refractivity contribution in [3.8, 4) is 0 Å². The second kappa shape index (κ2) is 7.21. The number of carbonyl (C=O) groups is 2. The lowest BCUT2D eigenvalue weighted by Gasteiger charge is -2.17. The molecule has 1 fully saturated rings. The van der Waals surface area contributed by atoms with E-state index in [9.17, 15) is 9.59 Å². The molecule has 98 valence electrons. The predicted molar refractivity (Wildman–Crippen MR) is 59.9 cm³/mol.